The minimum Gasteiger partial charge on any atom is -0.480 e. The fourth-order valence-corrected chi connectivity index (χ4v) is 10.3. The Bertz CT molecular complexity index is 3200. The minimum absolute atomic E-state index is 0.0246. The van der Waals surface area contributed by atoms with Gasteiger partial charge in [-0.1, -0.05) is 62.4 Å². The Labute approximate surface area is 531 Å². The fraction of sp³-hybridized carbons (Fsp3) is 0.517. The lowest BCUT2D eigenvalue weighted by Crippen LogP contribution is -2.62. The summed E-state index contributed by atoms with van der Waals surface area (Å²) in [5.41, 5.74) is 18.3. The largest absolute Gasteiger partial charge is 0.480 e. The number of aromatic nitrogens is 1. The van der Waals surface area contributed by atoms with Crippen LogP contribution in [0, 0.1) is 5.92 Å². The summed E-state index contributed by atoms with van der Waals surface area (Å²) in [6.07, 6.45) is -0.343. The van der Waals surface area contributed by atoms with Gasteiger partial charge in [0.05, 0.1) is 51.9 Å². The first-order valence-corrected chi connectivity index (χ1v) is 29.7. The molecule has 0 spiro atoms. The van der Waals surface area contributed by atoms with E-state index < -0.39 is 207 Å². The van der Waals surface area contributed by atoms with E-state index in [9.17, 15) is 97.8 Å². The van der Waals surface area contributed by atoms with Gasteiger partial charge in [0.2, 0.25) is 76.8 Å². The number of H-pyrrole nitrogens is 1. The molecule has 2 fully saturated rings. The zero-order chi connectivity index (χ0) is 68.8. The molecule has 2 aliphatic rings. The maximum absolute atomic E-state index is 15.0. The third kappa shape index (κ3) is 20.7. The average Bonchev–Trinajstić information content (AvgIpc) is 2.37. The van der Waals surface area contributed by atoms with Crippen molar-refractivity contribution >= 4 is 93.7 Å². The van der Waals surface area contributed by atoms with Crippen molar-refractivity contribution < 1.29 is 97.8 Å². The molecule has 2 aliphatic heterocycles. The summed E-state index contributed by atoms with van der Waals surface area (Å²) in [4.78, 5) is 193. The van der Waals surface area contributed by atoms with Crippen molar-refractivity contribution in [3.8, 4) is 0 Å². The molecule has 1 aromatic heterocycles. The number of primary amides is 2. The highest BCUT2D eigenvalue weighted by Crippen LogP contribution is 2.24. The van der Waals surface area contributed by atoms with Crippen molar-refractivity contribution in [1.82, 2.24) is 62.6 Å². The number of benzene rings is 2. The zero-order valence-corrected chi connectivity index (χ0v) is 50.9. The Morgan fingerprint density at radius 1 is 0.484 bits per heavy atom. The van der Waals surface area contributed by atoms with Gasteiger partial charge in [-0.25, -0.2) is 4.79 Å². The lowest BCUT2D eigenvalue weighted by molar-refractivity contribution is -0.144. The van der Waals surface area contributed by atoms with Crippen molar-refractivity contribution in [2.45, 2.75) is 138 Å². The molecular formula is C58H81N15O20. The van der Waals surface area contributed by atoms with E-state index in [2.05, 4.69) is 47.5 Å². The second-order valence-corrected chi connectivity index (χ2v) is 22.5. The molecular weight excluding hydrogens is 1230 g/mol. The molecule has 93 heavy (non-hydrogen) atoms. The number of carboxylic acid groups (broad SMARTS) is 1. The van der Waals surface area contributed by atoms with Gasteiger partial charge in [0.1, 0.15) is 66.5 Å². The molecule has 5 rings (SSSR count). The van der Waals surface area contributed by atoms with Gasteiger partial charge in [-0.3, -0.25) is 62.3 Å². The number of nitrogens with zero attached hydrogens (tertiary/aromatic N) is 2. The first kappa shape index (κ1) is 74.1. The molecule has 2 aromatic carbocycles. The van der Waals surface area contributed by atoms with Crippen LogP contribution in [0.25, 0.3) is 10.9 Å². The highest BCUT2D eigenvalue weighted by Gasteiger charge is 2.43. The number of nitrogens with two attached hydrogens (primary N) is 3. The highest BCUT2D eigenvalue weighted by molar-refractivity contribution is 6.01. The summed E-state index contributed by atoms with van der Waals surface area (Å²) in [6.45, 7) is -2.19. The van der Waals surface area contributed by atoms with Crippen LogP contribution in [0.2, 0.25) is 0 Å². The standard InChI is InChI=1S/C58H81N15O20/c1-28(2)46(61)55(89)70-40(26-77)50(84)64-34(21-45(60)80)48(82)67-37(23-74)49(83)63-33(20-44(59)79)47(81)66-36(19-30-22-62-32-13-7-6-12-31(30)32)57(91)73-17-9-15-43(73)54(88)68-38(24-75)51(85)65-35(18-29-10-4-3-5-11-29)56(90)72-16-8-14-42(72)53(87)69-39(25-76)52(86)71-41(27-78)58(92)93/h3-7,10-13,22,28,33-43,46,62,74-78H,8-9,14-21,23-27,61H2,1-2H3,(H2,59,79)(H2,60,80)(H,63,83)(H,64,84)(H,65,85)(H,66,81)(H,67,82)(H,68,88)(H,69,87)(H,70,89)(H,71,86)(H,92,93)/t33-,34-,35-,36-,37-,38-,39-,40-,41-,42-,43-,46-/m0/s1. The monoisotopic (exact) mass is 1310 g/mol. The highest BCUT2D eigenvalue weighted by atomic mass is 16.4. The third-order valence-corrected chi connectivity index (χ3v) is 15.4. The number of carboxylic acids is 1. The van der Waals surface area contributed by atoms with Crippen LogP contribution in [-0.4, -0.2) is 247 Å². The summed E-state index contributed by atoms with van der Waals surface area (Å²) >= 11 is 0. The number of aliphatic carboxylic acids is 1. The Kier molecular flexibility index (Phi) is 28.0. The number of carbonyl (C=O) groups excluding carboxylic acids is 13. The normalized spacial score (nSPS) is 17.7. The number of hydrogen-bond donors (Lipinski definition) is 19. The fourth-order valence-electron chi connectivity index (χ4n) is 10.3. The average molecular weight is 1310 g/mol. The van der Waals surface area contributed by atoms with Crippen LogP contribution in [0.1, 0.15) is 63.5 Å². The summed E-state index contributed by atoms with van der Waals surface area (Å²) in [5, 5.41) is 80.4. The van der Waals surface area contributed by atoms with Gasteiger partial charge in [-0.2, -0.15) is 0 Å². The number of amides is 13. The number of rotatable bonds is 35. The van der Waals surface area contributed by atoms with Gasteiger partial charge in [0.15, 0.2) is 0 Å². The van der Waals surface area contributed by atoms with Gasteiger partial charge in [0.25, 0.3) is 0 Å². The molecule has 0 aliphatic carbocycles. The molecule has 22 N–H and O–H groups in total. The van der Waals surface area contributed by atoms with E-state index >= 15 is 0 Å². The maximum Gasteiger partial charge on any atom is 0.328 e. The molecule has 13 amide bonds. The van der Waals surface area contributed by atoms with Gasteiger partial charge in [0, 0.05) is 43.0 Å². The van der Waals surface area contributed by atoms with E-state index in [4.69, 9.17) is 17.2 Å². The van der Waals surface area contributed by atoms with Gasteiger partial charge >= 0.3 is 5.97 Å². The molecule has 508 valence electrons. The Morgan fingerprint density at radius 3 is 1.27 bits per heavy atom. The molecule has 35 heteroatoms. The van der Waals surface area contributed by atoms with Crippen LogP contribution in [0.3, 0.4) is 0 Å². The smallest absolute Gasteiger partial charge is 0.328 e. The third-order valence-electron chi connectivity index (χ3n) is 15.4. The molecule has 0 bridgehead atoms. The van der Waals surface area contributed by atoms with Crippen molar-refractivity contribution in [3.05, 3.63) is 71.9 Å². The van der Waals surface area contributed by atoms with E-state index in [0.717, 1.165) is 9.80 Å². The number of aliphatic hydroxyl groups excluding tert-OH is 5. The maximum atomic E-state index is 15.0. The lowest BCUT2D eigenvalue weighted by Gasteiger charge is -2.31. The number of hydrogen-bond acceptors (Lipinski definition) is 20. The van der Waals surface area contributed by atoms with Crippen LogP contribution in [-0.2, 0) is 80.0 Å². The van der Waals surface area contributed by atoms with Crippen LogP contribution in [0.15, 0.2) is 60.8 Å². The number of carbonyl (C=O) groups is 14. The van der Waals surface area contributed by atoms with E-state index in [-0.39, 0.29) is 51.6 Å². The molecule has 2 saturated heterocycles. The number of para-hydroxylation sites is 1. The summed E-state index contributed by atoms with van der Waals surface area (Å²) in [5.74, 6) is -16.0. The Hall–Kier alpha value is -9.68. The number of nitrogens with one attached hydrogen (secondary N) is 10. The minimum atomic E-state index is -2.00. The number of aliphatic hydroxyl groups is 5. The van der Waals surface area contributed by atoms with Crippen molar-refractivity contribution in [3.63, 3.8) is 0 Å². The zero-order valence-electron chi connectivity index (χ0n) is 50.9. The van der Waals surface area contributed by atoms with Gasteiger partial charge in [-0.15, -0.1) is 0 Å². The van der Waals surface area contributed by atoms with Crippen LogP contribution < -0.4 is 65.1 Å². The summed E-state index contributed by atoms with van der Waals surface area (Å²) in [6, 6.07) is -4.54. The lowest BCUT2D eigenvalue weighted by atomic mass is 10.0. The molecule has 0 unspecified atom stereocenters. The van der Waals surface area contributed by atoms with Crippen LogP contribution in [0.4, 0.5) is 0 Å². The van der Waals surface area contributed by atoms with Crippen LogP contribution in [0.5, 0.6) is 0 Å². The molecule has 3 heterocycles. The Morgan fingerprint density at radius 2 is 0.849 bits per heavy atom. The van der Waals surface area contributed by atoms with Crippen molar-refractivity contribution in [2.75, 3.05) is 46.1 Å². The molecule has 0 saturated carbocycles. The summed E-state index contributed by atoms with van der Waals surface area (Å²) < 4.78 is 0. The van der Waals surface area contributed by atoms with Crippen molar-refractivity contribution in [1.29, 1.82) is 0 Å². The van der Waals surface area contributed by atoms with Crippen LogP contribution >= 0.6 is 0 Å². The van der Waals surface area contributed by atoms with Gasteiger partial charge < -0.3 is 110 Å². The predicted molar refractivity (Wildman–Crippen MR) is 322 cm³/mol. The Balaban J connectivity index is 1.34. The summed E-state index contributed by atoms with van der Waals surface area (Å²) in [7, 11) is 0. The predicted octanol–water partition coefficient (Wildman–Crippen LogP) is -8.92. The molecule has 0 radical (unpaired) electrons. The molecule has 35 nitrogen and oxygen atoms in total. The first-order valence-electron chi connectivity index (χ1n) is 29.7. The van der Waals surface area contributed by atoms with Gasteiger partial charge in [-0.05, 0) is 48.8 Å². The second kappa shape index (κ2) is 35.2. The van der Waals surface area contributed by atoms with E-state index in [1.807, 2.05) is 5.32 Å². The number of aromatic amines is 1. The second-order valence-electron chi connectivity index (χ2n) is 22.5. The number of likely N-dealkylation sites (tertiary alicyclic amines) is 2. The van der Waals surface area contributed by atoms with Crippen molar-refractivity contribution in [2.24, 2.45) is 23.1 Å². The first-order chi connectivity index (χ1) is 44.2. The van der Waals surface area contributed by atoms with E-state index in [1.165, 1.54) is 0 Å². The molecule has 12 atom stereocenters. The number of fused-ring (bicyclic) bond motifs is 1. The van der Waals surface area contributed by atoms with E-state index in [1.54, 1.807) is 74.6 Å². The topological polar surface area (TPSA) is 569 Å². The van der Waals surface area contributed by atoms with E-state index in [0.29, 0.717) is 22.0 Å². The quantitative estimate of drug-likeness (QED) is 0.0260. The SMILES string of the molecule is CC(C)[C@H](N)C(=O)N[C@@H](CO)C(=O)N[C@@H](CC(N)=O)C(=O)N[C@@H](CO)C(=O)N[C@@H](CC(N)=O)C(=O)N[C@@H](Cc1c[nH]c2ccccc12)C(=O)N1CCC[C@H]1C(=O)N[C@@H](CO)C(=O)N[C@@H](Cc1ccccc1)C(=O)N1CCC[C@H]1C(=O)N[C@@H](CO)C(=O)N[C@@H](CO)C(=O)O. The molecule has 3 aromatic rings.